The summed E-state index contributed by atoms with van der Waals surface area (Å²) in [6, 6.07) is 23.0. The minimum Gasteiger partial charge on any atom is -0.457 e. The number of nitro benzene ring substituents is 1. The molecule has 1 aliphatic heterocycles. The number of benzene rings is 3. The van der Waals surface area contributed by atoms with E-state index >= 15 is 0 Å². The van der Waals surface area contributed by atoms with Crippen molar-refractivity contribution in [3.8, 4) is 17.2 Å². The number of hydrogen-bond donors (Lipinski definition) is 0. The van der Waals surface area contributed by atoms with Crippen molar-refractivity contribution in [2.45, 2.75) is 12.5 Å². The first kappa shape index (κ1) is 17.5. The van der Waals surface area contributed by atoms with E-state index in [2.05, 4.69) is 5.16 Å². The Balaban J connectivity index is 1.35. The summed E-state index contributed by atoms with van der Waals surface area (Å²) in [6.07, 6.45) is 0.217. The van der Waals surface area contributed by atoms with Gasteiger partial charge < -0.3 is 14.3 Å². The highest BCUT2D eigenvalue weighted by Gasteiger charge is 2.24. The zero-order valence-electron chi connectivity index (χ0n) is 14.7. The van der Waals surface area contributed by atoms with Gasteiger partial charge in [-0.05, 0) is 42.0 Å². The summed E-state index contributed by atoms with van der Waals surface area (Å²) in [5.74, 6) is 2.40. The van der Waals surface area contributed by atoms with Crippen molar-refractivity contribution >= 4 is 11.6 Å². The number of oxime groups is 1. The third-order valence-corrected chi connectivity index (χ3v) is 4.16. The zero-order valence-corrected chi connectivity index (χ0v) is 14.7. The van der Waals surface area contributed by atoms with Crippen molar-refractivity contribution in [2.75, 3.05) is 0 Å². The molecule has 0 N–H and O–H groups in total. The molecule has 3 aromatic carbocycles. The quantitative estimate of drug-likeness (QED) is 0.449. The number of non-ortho nitro benzene ring substituents is 1. The van der Waals surface area contributed by atoms with Crippen LogP contribution in [-0.4, -0.2) is 10.8 Å². The second kappa shape index (κ2) is 7.79. The number of para-hydroxylation sites is 1. The summed E-state index contributed by atoms with van der Waals surface area (Å²) in [5, 5.41) is 14.7. The second-order valence-electron chi connectivity index (χ2n) is 6.12. The Hall–Kier alpha value is -3.87. The van der Waals surface area contributed by atoms with Crippen LogP contribution in [-0.2, 0) is 4.84 Å². The van der Waals surface area contributed by atoms with Crippen molar-refractivity contribution in [3.63, 3.8) is 0 Å². The van der Waals surface area contributed by atoms with Gasteiger partial charge >= 0.3 is 0 Å². The molecule has 1 aliphatic rings. The predicted molar refractivity (Wildman–Crippen MR) is 103 cm³/mol. The number of ether oxygens (including phenoxy) is 2. The van der Waals surface area contributed by atoms with Crippen LogP contribution in [0.3, 0.4) is 0 Å². The molecule has 0 bridgehead atoms. The lowest BCUT2D eigenvalue weighted by Gasteiger charge is -2.10. The summed E-state index contributed by atoms with van der Waals surface area (Å²) in [5.41, 5.74) is 0.958. The summed E-state index contributed by atoms with van der Waals surface area (Å²) < 4.78 is 11.4. The Morgan fingerprint density at radius 2 is 1.46 bits per heavy atom. The van der Waals surface area contributed by atoms with Gasteiger partial charge in [0.1, 0.15) is 17.2 Å². The maximum atomic E-state index is 10.7. The van der Waals surface area contributed by atoms with E-state index in [0.29, 0.717) is 18.1 Å². The average Bonchev–Trinajstić information content (AvgIpc) is 3.18. The van der Waals surface area contributed by atoms with Crippen molar-refractivity contribution in [2.24, 2.45) is 5.16 Å². The number of nitro groups is 1. The molecule has 7 nitrogen and oxygen atoms in total. The topological polar surface area (TPSA) is 83.2 Å². The predicted octanol–water partition coefficient (Wildman–Crippen LogP) is 5.24. The van der Waals surface area contributed by atoms with E-state index in [1.165, 1.54) is 24.3 Å². The van der Waals surface area contributed by atoms with Crippen LogP contribution in [0.1, 0.15) is 18.1 Å². The average molecular weight is 376 g/mol. The molecule has 28 heavy (non-hydrogen) atoms. The van der Waals surface area contributed by atoms with Gasteiger partial charge in [0.15, 0.2) is 6.10 Å². The van der Waals surface area contributed by atoms with Crippen LogP contribution in [0.4, 0.5) is 5.69 Å². The minimum atomic E-state index is -0.457. The van der Waals surface area contributed by atoms with Gasteiger partial charge in [0, 0.05) is 12.1 Å². The molecule has 0 spiro atoms. The Morgan fingerprint density at radius 1 is 0.857 bits per heavy atom. The van der Waals surface area contributed by atoms with Gasteiger partial charge in [-0.2, -0.15) is 0 Å². The first-order valence-electron chi connectivity index (χ1n) is 8.65. The van der Waals surface area contributed by atoms with E-state index in [1.54, 1.807) is 0 Å². The molecule has 0 aromatic heterocycles. The molecule has 0 radical (unpaired) electrons. The van der Waals surface area contributed by atoms with Gasteiger partial charge in [-0.1, -0.05) is 35.5 Å². The molecule has 0 saturated carbocycles. The molecule has 0 aliphatic carbocycles. The largest absolute Gasteiger partial charge is 0.457 e. The van der Waals surface area contributed by atoms with Crippen LogP contribution in [0.5, 0.6) is 17.2 Å². The van der Waals surface area contributed by atoms with Crippen LogP contribution in [0.15, 0.2) is 84.0 Å². The minimum absolute atomic E-state index is 0.00708. The molecule has 4 rings (SSSR count). The summed E-state index contributed by atoms with van der Waals surface area (Å²) in [7, 11) is 0. The fourth-order valence-corrected chi connectivity index (χ4v) is 2.74. The molecular formula is C21H16N2O5. The summed E-state index contributed by atoms with van der Waals surface area (Å²) in [4.78, 5) is 15.7. The molecule has 0 fully saturated rings. The first-order valence-corrected chi connectivity index (χ1v) is 8.65. The van der Waals surface area contributed by atoms with Gasteiger partial charge in [0.2, 0.25) is 5.90 Å². The van der Waals surface area contributed by atoms with E-state index in [1.807, 2.05) is 54.6 Å². The molecule has 140 valence electrons. The van der Waals surface area contributed by atoms with E-state index in [0.717, 1.165) is 17.1 Å². The molecule has 0 amide bonds. The molecule has 1 heterocycles. The van der Waals surface area contributed by atoms with Crippen LogP contribution < -0.4 is 9.47 Å². The lowest BCUT2D eigenvalue weighted by Crippen LogP contribution is -2.07. The number of rotatable bonds is 5. The van der Waals surface area contributed by atoms with E-state index in [-0.39, 0.29) is 11.8 Å². The van der Waals surface area contributed by atoms with Crippen LogP contribution in [0, 0.1) is 10.1 Å². The van der Waals surface area contributed by atoms with Crippen LogP contribution >= 0.6 is 0 Å². The highest BCUT2D eigenvalue weighted by atomic mass is 16.7. The molecule has 3 aromatic rings. The third kappa shape index (κ3) is 4.09. The zero-order chi connectivity index (χ0) is 19.3. The number of hydrogen-bond acceptors (Lipinski definition) is 6. The highest BCUT2D eigenvalue weighted by molar-refractivity contribution is 5.79. The Morgan fingerprint density at radius 3 is 2.14 bits per heavy atom. The second-order valence-corrected chi connectivity index (χ2v) is 6.12. The van der Waals surface area contributed by atoms with Crippen LogP contribution in [0.2, 0.25) is 0 Å². The van der Waals surface area contributed by atoms with Crippen molar-refractivity contribution in [3.05, 3.63) is 94.5 Å². The standard InChI is InChI=1S/C21H16N2O5/c24-23(25)16-8-12-19(13-9-16)27-21-14-20(28-22-21)15-6-10-18(11-7-15)26-17-4-2-1-3-5-17/h1-13,20H,14H2/t20-/m1/s1. The maximum Gasteiger partial charge on any atom is 0.269 e. The smallest absolute Gasteiger partial charge is 0.269 e. The lowest BCUT2D eigenvalue weighted by atomic mass is 10.1. The fourth-order valence-electron chi connectivity index (χ4n) is 2.74. The maximum absolute atomic E-state index is 10.7. The Labute approximate surface area is 160 Å². The van der Waals surface area contributed by atoms with Crippen molar-refractivity contribution in [1.29, 1.82) is 0 Å². The van der Waals surface area contributed by atoms with Crippen molar-refractivity contribution < 1.29 is 19.2 Å². The van der Waals surface area contributed by atoms with E-state index in [4.69, 9.17) is 14.3 Å². The Bertz CT molecular complexity index is 986. The van der Waals surface area contributed by atoms with Gasteiger partial charge in [0.05, 0.1) is 11.3 Å². The van der Waals surface area contributed by atoms with Gasteiger partial charge in [-0.25, -0.2) is 0 Å². The van der Waals surface area contributed by atoms with Gasteiger partial charge in [-0.15, -0.1) is 0 Å². The van der Waals surface area contributed by atoms with Gasteiger partial charge in [0.25, 0.3) is 5.69 Å². The normalized spacial score (nSPS) is 15.4. The van der Waals surface area contributed by atoms with E-state index < -0.39 is 4.92 Å². The molecule has 0 unspecified atom stereocenters. The Kier molecular flexibility index (Phi) is 4.88. The highest BCUT2D eigenvalue weighted by Crippen LogP contribution is 2.30. The molecular weight excluding hydrogens is 360 g/mol. The molecule has 1 atom stereocenters. The summed E-state index contributed by atoms with van der Waals surface area (Å²) in [6.45, 7) is 0. The fraction of sp³-hybridized carbons (Fsp3) is 0.0952. The molecule has 7 heteroatoms. The summed E-state index contributed by atoms with van der Waals surface area (Å²) >= 11 is 0. The number of nitrogens with zero attached hydrogens (tertiary/aromatic N) is 2. The monoisotopic (exact) mass is 376 g/mol. The third-order valence-electron chi connectivity index (χ3n) is 4.16. The van der Waals surface area contributed by atoms with E-state index in [9.17, 15) is 10.1 Å². The SMILES string of the molecule is O=[N+]([O-])c1ccc(OC2=NO[C@@H](c3ccc(Oc4ccccc4)cc3)C2)cc1. The molecule has 0 saturated heterocycles. The van der Waals surface area contributed by atoms with Gasteiger partial charge in [-0.3, -0.25) is 10.1 Å². The van der Waals surface area contributed by atoms with Crippen molar-refractivity contribution in [1.82, 2.24) is 0 Å². The lowest BCUT2D eigenvalue weighted by molar-refractivity contribution is -0.384. The first-order chi connectivity index (χ1) is 13.7. The van der Waals surface area contributed by atoms with Crippen LogP contribution in [0.25, 0.3) is 0 Å².